The minimum atomic E-state index is -4.54. The lowest BCUT2D eigenvalue weighted by Gasteiger charge is -2.00. The second kappa shape index (κ2) is 4.30. The summed E-state index contributed by atoms with van der Waals surface area (Å²) in [5.74, 6) is -1.09. The Hall–Kier alpha value is -1.96. The molecule has 0 fully saturated rings. The quantitative estimate of drug-likeness (QED) is 0.726. The lowest BCUT2D eigenvalue weighted by molar-refractivity contribution is -0.146. The van der Waals surface area contributed by atoms with Crippen molar-refractivity contribution >= 4 is 16.3 Å². The van der Waals surface area contributed by atoms with Gasteiger partial charge in [0.15, 0.2) is 0 Å². The monoisotopic (exact) mass is 284 g/mol. The van der Waals surface area contributed by atoms with E-state index in [1.165, 1.54) is 0 Å². The van der Waals surface area contributed by atoms with Crippen LogP contribution in [0.5, 0.6) is 0 Å². The highest BCUT2D eigenvalue weighted by molar-refractivity contribution is 7.16. The van der Waals surface area contributed by atoms with E-state index in [1.54, 1.807) is 0 Å². The number of benzene rings is 1. The molecule has 0 aliphatic carbocycles. The third-order valence-corrected chi connectivity index (χ3v) is 3.38. The normalized spacial score (nSPS) is 12.2. The molecule has 3 aromatic rings. The van der Waals surface area contributed by atoms with E-state index in [0.29, 0.717) is 11.4 Å². The molecule has 0 bridgehead atoms. The fourth-order valence-corrected chi connectivity index (χ4v) is 2.54. The SMILES string of the molecule is FC(F)(F)c1nnc2sc(Cc3ccccc3)nn12. The van der Waals surface area contributed by atoms with Gasteiger partial charge in [0, 0.05) is 6.42 Å². The summed E-state index contributed by atoms with van der Waals surface area (Å²) in [5.41, 5.74) is 0.987. The first-order valence-corrected chi connectivity index (χ1v) is 6.18. The molecule has 0 aliphatic rings. The maximum atomic E-state index is 12.6. The minimum Gasteiger partial charge on any atom is -0.178 e. The molecule has 2 aromatic heterocycles. The molecule has 2 heterocycles. The first kappa shape index (κ1) is 12.1. The van der Waals surface area contributed by atoms with Crippen molar-refractivity contribution < 1.29 is 13.2 Å². The Kier molecular flexibility index (Phi) is 2.74. The Morgan fingerprint density at radius 2 is 1.84 bits per heavy atom. The number of fused-ring (bicyclic) bond motifs is 1. The van der Waals surface area contributed by atoms with E-state index in [9.17, 15) is 13.2 Å². The second-order valence-corrected chi connectivity index (χ2v) is 4.91. The van der Waals surface area contributed by atoms with Crippen LogP contribution in [-0.4, -0.2) is 19.8 Å². The molecule has 4 nitrogen and oxygen atoms in total. The fourth-order valence-electron chi connectivity index (χ4n) is 1.68. The first-order chi connectivity index (χ1) is 9.04. The van der Waals surface area contributed by atoms with Crippen LogP contribution in [0.1, 0.15) is 16.4 Å². The molecule has 0 amide bonds. The fraction of sp³-hybridized carbons (Fsp3) is 0.182. The summed E-state index contributed by atoms with van der Waals surface area (Å²) in [5, 5.41) is 11.1. The summed E-state index contributed by atoms with van der Waals surface area (Å²) >= 11 is 1.11. The number of aromatic nitrogens is 4. The summed E-state index contributed by atoms with van der Waals surface area (Å²) in [6.45, 7) is 0. The molecule has 0 atom stereocenters. The van der Waals surface area contributed by atoms with E-state index in [2.05, 4.69) is 15.3 Å². The Morgan fingerprint density at radius 3 is 2.53 bits per heavy atom. The predicted molar refractivity (Wildman–Crippen MR) is 62.9 cm³/mol. The summed E-state index contributed by atoms with van der Waals surface area (Å²) in [4.78, 5) is 0.151. The highest BCUT2D eigenvalue weighted by atomic mass is 32.1. The molecule has 0 unspecified atom stereocenters. The number of rotatable bonds is 2. The van der Waals surface area contributed by atoms with Crippen LogP contribution < -0.4 is 0 Å². The number of hydrogen-bond acceptors (Lipinski definition) is 4. The number of halogens is 3. The maximum absolute atomic E-state index is 12.6. The molecule has 0 saturated heterocycles. The summed E-state index contributed by atoms with van der Waals surface area (Å²) < 4.78 is 38.6. The average molecular weight is 284 g/mol. The van der Waals surface area contributed by atoms with Gasteiger partial charge in [-0.05, 0) is 5.56 Å². The Morgan fingerprint density at radius 1 is 1.11 bits per heavy atom. The smallest absolute Gasteiger partial charge is 0.178 e. The minimum absolute atomic E-state index is 0.151. The molecule has 8 heteroatoms. The average Bonchev–Trinajstić information content (AvgIpc) is 2.88. The predicted octanol–water partition coefficient (Wildman–Crippen LogP) is 2.80. The van der Waals surface area contributed by atoms with Crippen molar-refractivity contribution in [2.24, 2.45) is 0 Å². The van der Waals surface area contributed by atoms with Crippen molar-refractivity contribution in [1.82, 2.24) is 19.8 Å². The van der Waals surface area contributed by atoms with Crippen molar-refractivity contribution in [2.45, 2.75) is 12.6 Å². The molecular formula is C11H7F3N4S. The largest absolute Gasteiger partial charge is 0.453 e. The molecule has 3 rings (SSSR count). The van der Waals surface area contributed by atoms with E-state index >= 15 is 0 Å². The lowest BCUT2D eigenvalue weighted by atomic mass is 10.2. The van der Waals surface area contributed by atoms with Gasteiger partial charge in [-0.1, -0.05) is 41.7 Å². The van der Waals surface area contributed by atoms with Crippen LogP contribution >= 0.6 is 11.3 Å². The van der Waals surface area contributed by atoms with E-state index < -0.39 is 12.0 Å². The molecule has 0 spiro atoms. The van der Waals surface area contributed by atoms with Crippen molar-refractivity contribution in [2.75, 3.05) is 0 Å². The first-order valence-electron chi connectivity index (χ1n) is 5.36. The van der Waals surface area contributed by atoms with Gasteiger partial charge >= 0.3 is 6.18 Å². The van der Waals surface area contributed by atoms with Crippen LogP contribution in [0.2, 0.25) is 0 Å². The van der Waals surface area contributed by atoms with E-state index in [1.807, 2.05) is 30.3 Å². The van der Waals surface area contributed by atoms with Crippen LogP contribution in [0, 0.1) is 0 Å². The number of hydrogen-bond donors (Lipinski definition) is 0. The van der Waals surface area contributed by atoms with Crippen molar-refractivity contribution in [3.8, 4) is 0 Å². The van der Waals surface area contributed by atoms with Gasteiger partial charge in [0.05, 0.1) is 0 Å². The molecule has 0 aliphatic heterocycles. The van der Waals surface area contributed by atoms with Gasteiger partial charge in [0.2, 0.25) is 4.96 Å². The van der Waals surface area contributed by atoms with Crippen LogP contribution in [0.25, 0.3) is 4.96 Å². The van der Waals surface area contributed by atoms with Crippen LogP contribution in [0.4, 0.5) is 13.2 Å². The molecule has 0 radical (unpaired) electrons. The zero-order valence-electron chi connectivity index (χ0n) is 9.42. The Bertz CT molecular complexity index is 702. The van der Waals surface area contributed by atoms with E-state index in [-0.39, 0.29) is 4.96 Å². The molecule has 0 N–H and O–H groups in total. The Labute approximate surface area is 109 Å². The van der Waals surface area contributed by atoms with Crippen LogP contribution in [-0.2, 0) is 12.6 Å². The van der Waals surface area contributed by atoms with Gasteiger partial charge in [0.25, 0.3) is 5.82 Å². The van der Waals surface area contributed by atoms with Gasteiger partial charge in [-0.15, -0.1) is 10.2 Å². The number of alkyl halides is 3. The van der Waals surface area contributed by atoms with Gasteiger partial charge in [-0.3, -0.25) is 0 Å². The molecule has 19 heavy (non-hydrogen) atoms. The highest BCUT2D eigenvalue weighted by Crippen LogP contribution is 2.29. The lowest BCUT2D eigenvalue weighted by Crippen LogP contribution is -2.11. The van der Waals surface area contributed by atoms with Crippen molar-refractivity contribution in [3.05, 3.63) is 46.7 Å². The summed E-state index contributed by atoms with van der Waals surface area (Å²) in [7, 11) is 0. The van der Waals surface area contributed by atoms with Crippen molar-refractivity contribution in [1.29, 1.82) is 0 Å². The van der Waals surface area contributed by atoms with Gasteiger partial charge < -0.3 is 0 Å². The van der Waals surface area contributed by atoms with Gasteiger partial charge in [-0.25, -0.2) is 0 Å². The third-order valence-electron chi connectivity index (χ3n) is 2.48. The molecule has 1 aromatic carbocycles. The molecule has 98 valence electrons. The van der Waals surface area contributed by atoms with Crippen LogP contribution in [0.15, 0.2) is 30.3 Å². The standard InChI is InChI=1S/C11H7F3N4S/c12-11(13,14)9-15-16-10-18(9)17-8(19-10)6-7-4-2-1-3-5-7/h1-5H,6H2. The van der Waals surface area contributed by atoms with Gasteiger partial charge in [0.1, 0.15) is 5.01 Å². The highest BCUT2D eigenvalue weighted by Gasteiger charge is 2.38. The van der Waals surface area contributed by atoms with Crippen LogP contribution in [0.3, 0.4) is 0 Å². The zero-order valence-corrected chi connectivity index (χ0v) is 10.2. The molecule has 0 saturated carbocycles. The third kappa shape index (κ3) is 2.30. The van der Waals surface area contributed by atoms with Crippen molar-refractivity contribution in [3.63, 3.8) is 0 Å². The zero-order chi connectivity index (χ0) is 13.5. The van der Waals surface area contributed by atoms with E-state index in [0.717, 1.165) is 21.4 Å². The molecular weight excluding hydrogens is 277 g/mol. The Balaban J connectivity index is 1.97. The maximum Gasteiger partial charge on any atom is 0.453 e. The van der Waals surface area contributed by atoms with Gasteiger partial charge in [-0.2, -0.15) is 22.8 Å². The number of nitrogens with zero attached hydrogens (tertiary/aromatic N) is 4. The summed E-state index contributed by atoms with van der Waals surface area (Å²) in [6, 6.07) is 9.41. The second-order valence-electron chi connectivity index (χ2n) is 3.87. The summed E-state index contributed by atoms with van der Waals surface area (Å²) in [6.07, 6.45) is -4.07. The van der Waals surface area contributed by atoms with E-state index in [4.69, 9.17) is 0 Å². The topological polar surface area (TPSA) is 43.1 Å².